The molecule has 1 aliphatic rings. The molecule has 0 aromatic rings. The molecule has 0 fully saturated rings. The van der Waals surface area contributed by atoms with Crippen LogP contribution in [0.3, 0.4) is 0 Å². The van der Waals surface area contributed by atoms with Gasteiger partial charge in [0.15, 0.2) is 5.78 Å². The van der Waals surface area contributed by atoms with Crippen molar-refractivity contribution in [1.29, 1.82) is 0 Å². The van der Waals surface area contributed by atoms with E-state index >= 15 is 0 Å². The van der Waals surface area contributed by atoms with E-state index in [1.165, 1.54) is 15.6 Å². The fourth-order valence-corrected chi connectivity index (χ4v) is 2.57. The molecule has 2 heteroatoms. The average Bonchev–Trinajstić information content (AvgIpc) is 2.50. The van der Waals surface area contributed by atoms with Crippen molar-refractivity contribution < 1.29 is 4.79 Å². The van der Waals surface area contributed by atoms with Crippen LogP contribution in [0.2, 0.25) is 0 Å². The van der Waals surface area contributed by atoms with Gasteiger partial charge in [-0.15, -0.1) is 6.58 Å². The van der Waals surface area contributed by atoms with E-state index in [9.17, 15) is 4.79 Å². The van der Waals surface area contributed by atoms with Crippen LogP contribution in [-0.4, -0.2) is 5.78 Å². The zero-order valence-electron chi connectivity index (χ0n) is 11.0. The quantitative estimate of drug-likeness (QED) is 0.657. The van der Waals surface area contributed by atoms with E-state index in [0.29, 0.717) is 6.42 Å². The van der Waals surface area contributed by atoms with Crippen molar-refractivity contribution in [3.8, 4) is 0 Å². The van der Waals surface area contributed by atoms with Gasteiger partial charge in [-0.3, -0.25) is 4.79 Å². The van der Waals surface area contributed by atoms with Gasteiger partial charge < -0.3 is 0 Å². The Morgan fingerprint density at radius 1 is 1.59 bits per heavy atom. The number of ketones is 1. The van der Waals surface area contributed by atoms with E-state index in [0.717, 1.165) is 19.3 Å². The average molecular weight is 297 g/mol. The molecule has 0 unspecified atom stereocenters. The van der Waals surface area contributed by atoms with Crippen LogP contribution >= 0.6 is 15.9 Å². The number of halogens is 1. The maximum atomic E-state index is 11.7. The lowest BCUT2D eigenvalue weighted by molar-refractivity contribution is -0.115. The van der Waals surface area contributed by atoms with E-state index in [2.05, 4.69) is 43.3 Å². The first-order valence-corrected chi connectivity index (χ1v) is 6.85. The molecule has 0 bridgehead atoms. The summed E-state index contributed by atoms with van der Waals surface area (Å²) >= 11 is 3.52. The summed E-state index contributed by atoms with van der Waals surface area (Å²) < 4.78 is 1.18. The molecule has 17 heavy (non-hydrogen) atoms. The second kappa shape index (κ2) is 5.81. The fraction of sp³-hybridized carbons (Fsp3) is 0.533. The maximum absolute atomic E-state index is 11.7. The Balaban J connectivity index is 2.87. The summed E-state index contributed by atoms with van der Waals surface area (Å²) in [5, 5.41) is 0. The fourth-order valence-electron chi connectivity index (χ4n) is 2.43. The monoisotopic (exact) mass is 296 g/mol. The summed E-state index contributed by atoms with van der Waals surface area (Å²) in [6.07, 6.45) is 7.28. The lowest BCUT2D eigenvalue weighted by atomic mass is 9.76. The van der Waals surface area contributed by atoms with Crippen LogP contribution < -0.4 is 0 Å². The third-order valence-corrected chi connectivity index (χ3v) is 4.21. The van der Waals surface area contributed by atoms with Crippen molar-refractivity contribution in [2.75, 3.05) is 0 Å². The van der Waals surface area contributed by atoms with Crippen LogP contribution in [-0.2, 0) is 4.79 Å². The van der Waals surface area contributed by atoms with Crippen LogP contribution in [0.5, 0.6) is 0 Å². The first-order chi connectivity index (χ1) is 7.89. The molecular weight excluding hydrogens is 276 g/mol. The first-order valence-electron chi connectivity index (χ1n) is 6.05. The lowest BCUT2D eigenvalue weighted by Gasteiger charge is -2.28. The van der Waals surface area contributed by atoms with E-state index in [4.69, 9.17) is 0 Å². The molecule has 1 rings (SSSR count). The molecule has 0 spiro atoms. The second-order valence-corrected chi connectivity index (χ2v) is 6.38. The van der Waals surface area contributed by atoms with Crippen LogP contribution in [0.25, 0.3) is 0 Å². The first kappa shape index (κ1) is 14.4. The molecule has 0 aromatic carbocycles. The Bertz CT molecular complexity index is 386. The van der Waals surface area contributed by atoms with Gasteiger partial charge in [0.2, 0.25) is 0 Å². The summed E-state index contributed by atoms with van der Waals surface area (Å²) in [7, 11) is 0. The molecular formula is C15H21BrO. The number of carbonyl (C=O) groups is 1. The Hall–Kier alpha value is -0.630. The molecule has 0 heterocycles. The SMILES string of the molecule is C=CCCC1=CC(=O)C[C@@]1(C)C/C(C)=C(\C)Br. The lowest BCUT2D eigenvalue weighted by Crippen LogP contribution is -2.17. The minimum Gasteiger partial charge on any atom is -0.295 e. The Morgan fingerprint density at radius 2 is 2.24 bits per heavy atom. The molecule has 0 amide bonds. The molecule has 1 nitrogen and oxygen atoms in total. The van der Waals surface area contributed by atoms with Gasteiger partial charge in [0.1, 0.15) is 0 Å². The van der Waals surface area contributed by atoms with E-state index in [-0.39, 0.29) is 11.2 Å². The summed E-state index contributed by atoms with van der Waals surface area (Å²) in [6.45, 7) is 10.1. The Morgan fingerprint density at radius 3 is 2.76 bits per heavy atom. The van der Waals surface area contributed by atoms with Crippen LogP contribution in [0.4, 0.5) is 0 Å². The smallest absolute Gasteiger partial charge is 0.156 e. The van der Waals surface area contributed by atoms with Crippen molar-refractivity contribution in [3.05, 3.63) is 34.4 Å². The summed E-state index contributed by atoms with van der Waals surface area (Å²) in [5.74, 6) is 0.270. The number of allylic oxidation sites excluding steroid dienone is 5. The number of hydrogen-bond donors (Lipinski definition) is 0. The third kappa shape index (κ3) is 3.67. The van der Waals surface area contributed by atoms with Crippen molar-refractivity contribution in [2.24, 2.45) is 5.41 Å². The van der Waals surface area contributed by atoms with Crippen LogP contribution in [0.15, 0.2) is 34.4 Å². The Labute approximate surface area is 113 Å². The standard InChI is InChI=1S/C15H21BrO/c1-5-6-7-13-8-14(17)10-15(13,4)9-11(2)12(3)16/h5,8H,1,6-7,9-10H2,2-4H3/b12-11+/t15-/m1/s1. The largest absolute Gasteiger partial charge is 0.295 e. The second-order valence-electron chi connectivity index (χ2n) is 5.19. The number of rotatable bonds is 5. The Kier molecular flexibility index (Phi) is 4.93. The zero-order valence-corrected chi connectivity index (χ0v) is 12.6. The van der Waals surface area contributed by atoms with Crippen molar-refractivity contribution >= 4 is 21.7 Å². The highest BCUT2D eigenvalue weighted by Gasteiger charge is 2.36. The highest BCUT2D eigenvalue weighted by Crippen LogP contribution is 2.44. The van der Waals surface area contributed by atoms with Gasteiger partial charge in [0.05, 0.1) is 0 Å². The van der Waals surface area contributed by atoms with Gasteiger partial charge in [-0.25, -0.2) is 0 Å². The zero-order chi connectivity index (χ0) is 13.1. The van der Waals surface area contributed by atoms with Crippen LogP contribution in [0.1, 0.15) is 46.5 Å². The normalized spacial score (nSPS) is 25.6. The van der Waals surface area contributed by atoms with E-state index in [1.54, 1.807) is 0 Å². The minimum absolute atomic E-state index is 0.0131. The maximum Gasteiger partial charge on any atom is 0.156 e. The number of carbonyl (C=O) groups excluding carboxylic acids is 1. The van der Waals surface area contributed by atoms with Gasteiger partial charge in [0, 0.05) is 6.42 Å². The van der Waals surface area contributed by atoms with Gasteiger partial charge in [-0.1, -0.05) is 40.1 Å². The predicted molar refractivity (Wildman–Crippen MR) is 77.2 cm³/mol. The van der Waals surface area contributed by atoms with Crippen molar-refractivity contribution in [2.45, 2.75) is 46.5 Å². The topological polar surface area (TPSA) is 17.1 Å². The molecule has 0 radical (unpaired) electrons. The summed E-state index contributed by atoms with van der Waals surface area (Å²) in [6, 6.07) is 0. The van der Waals surface area contributed by atoms with Gasteiger partial charge in [-0.2, -0.15) is 0 Å². The molecule has 1 aliphatic carbocycles. The molecule has 0 saturated carbocycles. The minimum atomic E-state index is 0.0131. The van der Waals surface area contributed by atoms with E-state index < -0.39 is 0 Å². The number of hydrogen-bond acceptors (Lipinski definition) is 1. The molecule has 0 aliphatic heterocycles. The molecule has 94 valence electrons. The van der Waals surface area contributed by atoms with E-state index in [1.807, 2.05) is 12.2 Å². The molecule has 0 saturated heterocycles. The van der Waals surface area contributed by atoms with Crippen molar-refractivity contribution in [1.82, 2.24) is 0 Å². The van der Waals surface area contributed by atoms with Crippen molar-refractivity contribution in [3.63, 3.8) is 0 Å². The van der Waals surface area contributed by atoms with Crippen LogP contribution in [0, 0.1) is 5.41 Å². The highest BCUT2D eigenvalue weighted by molar-refractivity contribution is 9.11. The summed E-state index contributed by atoms with van der Waals surface area (Å²) in [4.78, 5) is 11.7. The molecule has 1 atom stereocenters. The van der Waals surface area contributed by atoms with Gasteiger partial charge >= 0.3 is 0 Å². The molecule has 0 aromatic heterocycles. The van der Waals surface area contributed by atoms with Gasteiger partial charge in [-0.05, 0) is 49.1 Å². The summed E-state index contributed by atoms with van der Waals surface area (Å²) in [5.41, 5.74) is 2.63. The van der Waals surface area contributed by atoms with Gasteiger partial charge in [0.25, 0.3) is 0 Å². The highest BCUT2D eigenvalue weighted by atomic mass is 79.9. The predicted octanol–water partition coefficient (Wildman–Crippen LogP) is 4.94. The molecule has 0 N–H and O–H groups in total. The third-order valence-electron chi connectivity index (χ3n) is 3.54.